The van der Waals surface area contributed by atoms with Crippen LogP contribution in [0.25, 0.3) is 0 Å². The number of rotatable bonds is 4. The Bertz CT molecular complexity index is 688. The molecule has 0 radical (unpaired) electrons. The van der Waals surface area contributed by atoms with Crippen molar-refractivity contribution in [3.63, 3.8) is 0 Å². The lowest BCUT2D eigenvalue weighted by molar-refractivity contribution is -0.387. The lowest BCUT2D eigenvalue weighted by atomic mass is 10.2. The molecule has 0 aliphatic heterocycles. The van der Waals surface area contributed by atoms with Crippen LogP contribution in [0, 0.1) is 15.9 Å². The highest BCUT2D eigenvalue weighted by Gasteiger charge is 2.18. The number of carbonyl (C=O) groups excluding carboxylic acids is 1. The molecule has 0 fully saturated rings. The van der Waals surface area contributed by atoms with E-state index in [0.29, 0.717) is 4.90 Å². The van der Waals surface area contributed by atoms with Crippen molar-refractivity contribution in [2.45, 2.75) is 9.79 Å². The van der Waals surface area contributed by atoms with Gasteiger partial charge in [-0.15, -0.1) is 0 Å². The Labute approximate surface area is 123 Å². The van der Waals surface area contributed by atoms with Gasteiger partial charge in [0.2, 0.25) is 0 Å². The summed E-state index contributed by atoms with van der Waals surface area (Å²) < 4.78 is 17.5. The number of halogens is 1. The van der Waals surface area contributed by atoms with Gasteiger partial charge in [0.15, 0.2) is 0 Å². The van der Waals surface area contributed by atoms with Crippen LogP contribution in [0.15, 0.2) is 52.3 Å². The van der Waals surface area contributed by atoms with Gasteiger partial charge in [-0.2, -0.15) is 0 Å². The van der Waals surface area contributed by atoms with E-state index in [1.807, 2.05) is 0 Å². The number of nitro benzene ring substituents is 1. The first-order chi connectivity index (χ1) is 10.0. The molecule has 21 heavy (non-hydrogen) atoms. The van der Waals surface area contributed by atoms with E-state index >= 15 is 0 Å². The molecule has 0 aromatic heterocycles. The summed E-state index contributed by atoms with van der Waals surface area (Å²) in [6, 6.07) is 9.51. The zero-order valence-corrected chi connectivity index (χ0v) is 11.7. The fraction of sp³-hybridized carbons (Fsp3) is 0.0714. The minimum absolute atomic E-state index is 0.128. The van der Waals surface area contributed by atoms with Gasteiger partial charge in [0.1, 0.15) is 5.82 Å². The van der Waals surface area contributed by atoms with E-state index in [0.717, 1.165) is 11.8 Å². The molecular formula is C14H10FNO4S. The van der Waals surface area contributed by atoms with Gasteiger partial charge in [0.05, 0.1) is 22.5 Å². The molecule has 2 aromatic rings. The van der Waals surface area contributed by atoms with Gasteiger partial charge < -0.3 is 4.74 Å². The monoisotopic (exact) mass is 307 g/mol. The van der Waals surface area contributed by atoms with Crippen LogP contribution in [0.4, 0.5) is 10.1 Å². The second kappa shape index (κ2) is 6.36. The van der Waals surface area contributed by atoms with Crippen molar-refractivity contribution >= 4 is 23.4 Å². The van der Waals surface area contributed by atoms with Crippen molar-refractivity contribution in [2.75, 3.05) is 7.11 Å². The zero-order valence-electron chi connectivity index (χ0n) is 10.9. The summed E-state index contributed by atoms with van der Waals surface area (Å²) in [7, 11) is 1.23. The number of ether oxygens (including phenoxy) is 1. The molecule has 0 atom stereocenters. The highest BCUT2D eigenvalue weighted by molar-refractivity contribution is 7.99. The number of benzene rings is 2. The van der Waals surface area contributed by atoms with Gasteiger partial charge in [0.25, 0.3) is 5.69 Å². The molecule has 0 bridgehead atoms. The first-order valence-corrected chi connectivity index (χ1v) is 6.63. The highest BCUT2D eigenvalue weighted by atomic mass is 32.2. The van der Waals surface area contributed by atoms with Crippen LogP contribution >= 0.6 is 11.8 Å². The third kappa shape index (κ3) is 3.57. The Morgan fingerprint density at radius 2 is 1.90 bits per heavy atom. The van der Waals surface area contributed by atoms with Crippen molar-refractivity contribution in [2.24, 2.45) is 0 Å². The summed E-state index contributed by atoms with van der Waals surface area (Å²) in [6.07, 6.45) is 0. The molecule has 2 aromatic carbocycles. The predicted molar refractivity (Wildman–Crippen MR) is 75.0 cm³/mol. The van der Waals surface area contributed by atoms with Gasteiger partial charge in [-0.25, -0.2) is 9.18 Å². The van der Waals surface area contributed by atoms with E-state index in [-0.39, 0.29) is 16.1 Å². The number of carbonyl (C=O) groups is 1. The average molecular weight is 307 g/mol. The molecule has 0 spiro atoms. The van der Waals surface area contributed by atoms with Crippen molar-refractivity contribution < 1.29 is 18.8 Å². The number of nitro groups is 1. The summed E-state index contributed by atoms with van der Waals surface area (Å²) in [5, 5.41) is 11.0. The topological polar surface area (TPSA) is 69.4 Å². The second-order valence-corrected chi connectivity index (χ2v) is 5.10. The minimum Gasteiger partial charge on any atom is -0.465 e. The van der Waals surface area contributed by atoms with Gasteiger partial charge in [-0.05, 0) is 36.4 Å². The van der Waals surface area contributed by atoms with Gasteiger partial charge in [0, 0.05) is 11.0 Å². The summed E-state index contributed by atoms with van der Waals surface area (Å²) in [6.45, 7) is 0. The van der Waals surface area contributed by atoms with Crippen LogP contribution in [0.2, 0.25) is 0 Å². The van der Waals surface area contributed by atoms with Crippen LogP contribution in [0.1, 0.15) is 10.4 Å². The van der Waals surface area contributed by atoms with Crippen LogP contribution in [-0.2, 0) is 4.74 Å². The molecule has 5 nitrogen and oxygen atoms in total. The smallest absolute Gasteiger partial charge is 0.337 e. The van der Waals surface area contributed by atoms with Gasteiger partial charge in [-0.3, -0.25) is 10.1 Å². The molecule has 108 valence electrons. The summed E-state index contributed by atoms with van der Waals surface area (Å²) in [5.41, 5.74) is 0.0877. The SMILES string of the molecule is COC(=O)c1ccc([N+](=O)[O-])c(Sc2ccc(F)cc2)c1. The number of hydrogen-bond acceptors (Lipinski definition) is 5. The van der Waals surface area contributed by atoms with E-state index in [1.54, 1.807) is 0 Å². The average Bonchev–Trinajstić information content (AvgIpc) is 2.48. The molecule has 0 heterocycles. The van der Waals surface area contributed by atoms with Crippen LogP contribution in [0.3, 0.4) is 0 Å². The number of nitrogens with zero attached hydrogens (tertiary/aromatic N) is 1. The number of esters is 1. The van der Waals surface area contributed by atoms with E-state index in [1.165, 1.54) is 49.6 Å². The third-order valence-electron chi connectivity index (χ3n) is 2.62. The molecule has 0 unspecified atom stereocenters. The maximum atomic E-state index is 12.9. The Morgan fingerprint density at radius 1 is 1.24 bits per heavy atom. The minimum atomic E-state index is -0.578. The van der Waals surface area contributed by atoms with E-state index < -0.39 is 16.7 Å². The fourth-order valence-electron chi connectivity index (χ4n) is 1.62. The predicted octanol–water partition coefficient (Wildman–Crippen LogP) is 3.67. The molecular weight excluding hydrogens is 297 g/mol. The third-order valence-corrected chi connectivity index (χ3v) is 3.67. The molecule has 7 heteroatoms. The maximum Gasteiger partial charge on any atom is 0.337 e. The molecule has 0 saturated heterocycles. The zero-order chi connectivity index (χ0) is 15.4. The van der Waals surface area contributed by atoms with Crippen molar-refractivity contribution in [1.29, 1.82) is 0 Å². The normalized spacial score (nSPS) is 10.2. The largest absolute Gasteiger partial charge is 0.465 e. The molecule has 0 N–H and O–H groups in total. The fourth-order valence-corrected chi connectivity index (χ4v) is 2.58. The van der Waals surface area contributed by atoms with Crippen molar-refractivity contribution in [3.05, 3.63) is 64.0 Å². The summed E-state index contributed by atoms with van der Waals surface area (Å²) in [4.78, 5) is 22.9. The molecule has 0 aliphatic rings. The van der Waals surface area contributed by atoms with Gasteiger partial charge >= 0.3 is 5.97 Å². The highest BCUT2D eigenvalue weighted by Crippen LogP contribution is 2.35. The van der Waals surface area contributed by atoms with E-state index in [2.05, 4.69) is 4.74 Å². The molecule has 2 rings (SSSR count). The van der Waals surface area contributed by atoms with Crippen LogP contribution in [-0.4, -0.2) is 18.0 Å². The Balaban J connectivity index is 2.40. The standard InChI is InChI=1S/C14H10FNO4S/c1-20-14(17)9-2-7-12(16(18)19)13(8-9)21-11-5-3-10(15)4-6-11/h2-8H,1H3. The molecule has 0 saturated carbocycles. The van der Waals surface area contributed by atoms with Crippen LogP contribution < -0.4 is 0 Å². The molecule has 0 amide bonds. The van der Waals surface area contributed by atoms with Gasteiger partial charge in [-0.1, -0.05) is 11.8 Å². The number of methoxy groups -OCH3 is 1. The number of hydrogen-bond donors (Lipinski definition) is 0. The Morgan fingerprint density at radius 3 is 2.48 bits per heavy atom. The first-order valence-electron chi connectivity index (χ1n) is 5.81. The quantitative estimate of drug-likeness (QED) is 0.489. The van der Waals surface area contributed by atoms with E-state index in [9.17, 15) is 19.3 Å². The summed E-state index contributed by atoms with van der Waals surface area (Å²) >= 11 is 1.08. The first kappa shape index (κ1) is 15.0. The Kier molecular flexibility index (Phi) is 4.54. The maximum absolute atomic E-state index is 12.9. The van der Waals surface area contributed by atoms with Crippen molar-refractivity contribution in [3.8, 4) is 0 Å². The lowest BCUT2D eigenvalue weighted by Gasteiger charge is -2.05. The molecule has 0 aliphatic carbocycles. The van der Waals surface area contributed by atoms with Crippen molar-refractivity contribution in [1.82, 2.24) is 0 Å². The summed E-state index contributed by atoms with van der Waals surface area (Å²) in [5.74, 6) is -0.969. The van der Waals surface area contributed by atoms with Crippen LogP contribution in [0.5, 0.6) is 0 Å². The van der Waals surface area contributed by atoms with E-state index in [4.69, 9.17) is 0 Å². The lowest BCUT2D eigenvalue weighted by Crippen LogP contribution is -2.02. The second-order valence-electron chi connectivity index (χ2n) is 3.99. The Hall–Kier alpha value is -2.41.